The van der Waals surface area contributed by atoms with Crippen molar-refractivity contribution >= 4 is 12.8 Å². The summed E-state index contributed by atoms with van der Waals surface area (Å²) in [6.07, 6.45) is 2.32. The number of hydrogen-bond donors (Lipinski definition) is 1. The van der Waals surface area contributed by atoms with E-state index in [1.54, 1.807) is 0 Å². The summed E-state index contributed by atoms with van der Waals surface area (Å²) in [7, 11) is 1.98. The van der Waals surface area contributed by atoms with Gasteiger partial charge in [0.2, 0.25) is 0 Å². The molecule has 2 heteroatoms. The van der Waals surface area contributed by atoms with Crippen molar-refractivity contribution < 1.29 is 0 Å². The fourth-order valence-electron chi connectivity index (χ4n) is 1.16. The Morgan fingerprint density at radius 1 is 1.25 bits per heavy atom. The Balaban J connectivity index is 2.25. The molecular formula is C10H15NS. The van der Waals surface area contributed by atoms with E-state index in [0.717, 1.165) is 13.0 Å². The fraction of sp³-hybridized carbons (Fsp3) is 0.400. The molecule has 0 N–H and O–H groups in total. The molecule has 0 radical (unpaired) electrons. The topological polar surface area (TPSA) is 3.24 Å². The Bertz CT molecular complexity index is 208. The van der Waals surface area contributed by atoms with E-state index in [1.165, 1.54) is 12.0 Å². The predicted molar refractivity (Wildman–Crippen MR) is 56.4 cm³/mol. The number of benzene rings is 1. The second kappa shape index (κ2) is 5.22. The Morgan fingerprint density at radius 2 is 1.92 bits per heavy atom. The predicted octanol–water partition coefficient (Wildman–Crippen LogP) is 2.40. The van der Waals surface area contributed by atoms with Crippen LogP contribution < -0.4 is 0 Å². The second-order valence-electron chi connectivity index (χ2n) is 2.97. The van der Waals surface area contributed by atoms with Gasteiger partial charge in [0, 0.05) is 6.54 Å². The molecule has 1 nitrogen and oxygen atoms in total. The van der Waals surface area contributed by atoms with Gasteiger partial charge in [-0.1, -0.05) is 43.1 Å². The average molecular weight is 181 g/mol. The van der Waals surface area contributed by atoms with E-state index in [4.69, 9.17) is 0 Å². The van der Waals surface area contributed by atoms with E-state index < -0.39 is 0 Å². The van der Waals surface area contributed by atoms with Gasteiger partial charge < -0.3 is 0 Å². The van der Waals surface area contributed by atoms with Crippen molar-refractivity contribution in [3.05, 3.63) is 35.9 Å². The first-order chi connectivity index (χ1) is 5.79. The molecule has 1 aromatic rings. The van der Waals surface area contributed by atoms with E-state index >= 15 is 0 Å². The van der Waals surface area contributed by atoms with Crippen LogP contribution in [0.3, 0.4) is 0 Å². The molecule has 0 saturated heterocycles. The van der Waals surface area contributed by atoms with Crippen molar-refractivity contribution in [3.8, 4) is 0 Å². The lowest BCUT2D eigenvalue weighted by Crippen LogP contribution is -2.07. The Hall–Kier alpha value is -0.470. The summed E-state index contributed by atoms with van der Waals surface area (Å²) in [4.78, 5) is 0. The summed E-state index contributed by atoms with van der Waals surface area (Å²) < 4.78 is 1.92. The average Bonchev–Trinajstić information content (AvgIpc) is 2.05. The molecule has 12 heavy (non-hydrogen) atoms. The normalized spacial score (nSPS) is 10.6. The zero-order valence-corrected chi connectivity index (χ0v) is 8.30. The molecule has 1 rings (SSSR count). The van der Waals surface area contributed by atoms with Gasteiger partial charge in [0.25, 0.3) is 0 Å². The number of aryl methyl sites for hydroxylation is 1. The lowest BCUT2D eigenvalue weighted by molar-refractivity contribution is 0.548. The third kappa shape index (κ3) is 3.79. The van der Waals surface area contributed by atoms with Gasteiger partial charge in [0.05, 0.1) is 0 Å². The Labute approximate surface area is 79.9 Å². The van der Waals surface area contributed by atoms with E-state index in [0.29, 0.717) is 0 Å². The summed E-state index contributed by atoms with van der Waals surface area (Å²) in [5.41, 5.74) is 1.41. The number of hydrogen-bond acceptors (Lipinski definition) is 2. The second-order valence-corrected chi connectivity index (χ2v) is 3.65. The molecule has 0 spiro atoms. The fourth-order valence-corrected chi connectivity index (χ4v) is 1.30. The van der Waals surface area contributed by atoms with Crippen LogP contribution in [0.25, 0.3) is 0 Å². The van der Waals surface area contributed by atoms with Crippen molar-refractivity contribution in [2.45, 2.75) is 12.8 Å². The van der Waals surface area contributed by atoms with E-state index in [2.05, 4.69) is 37.1 Å². The summed E-state index contributed by atoms with van der Waals surface area (Å²) in [5, 5.41) is 0. The number of nitrogens with zero attached hydrogens (tertiary/aromatic N) is 1. The maximum absolute atomic E-state index is 4.18. The highest BCUT2D eigenvalue weighted by Crippen LogP contribution is 2.03. The van der Waals surface area contributed by atoms with E-state index in [9.17, 15) is 0 Å². The largest absolute Gasteiger partial charge is 0.256 e. The molecule has 0 unspecified atom stereocenters. The van der Waals surface area contributed by atoms with Crippen LogP contribution in [-0.4, -0.2) is 17.9 Å². The van der Waals surface area contributed by atoms with Gasteiger partial charge in [-0.25, -0.2) is 0 Å². The van der Waals surface area contributed by atoms with E-state index in [1.807, 2.05) is 17.4 Å². The molecule has 0 aliphatic carbocycles. The molecular weight excluding hydrogens is 166 g/mol. The van der Waals surface area contributed by atoms with Crippen LogP contribution >= 0.6 is 12.8 Å². The van der Waals surface area contributed by atoms with E-state index in [-0.39, 0.29) is 0 Å². The van der Waals surface area contributed by atoms with Gasteiger partial charge in [-0.3, -0.25) is 4.31 Å². The summed E-state index contributed by atoms with van der Waals surface area (Å²) >= 11 is 4.18. The molecule has 0 aliphatic heterocycles. The minimum Gasteiger partial charge on any atom is -0.256 e. The quantitative estimate of drug-likeness (QED) is 0.698. The third-order valence-corrected chi connectivity index (χ3v) is 1.99. The summed E-state index contributed by atoms with van der Waals surface area (Å²) in [5.74, 6) is 0. The first-order valence-corrected chi connectivity index (χ1v) is 4.63. The molecule has 0 heterocycles. The van der Waals surface area contributed by atoms with Crippen molar-refractivity contribution in [2.75, 3.05) is 13.6 Å². The maximum atomic E-state index is 4.18. The van der Waals surface area contributed by atoms with Crippen LogP contribution in [-0.2, 0) is 6.42 Å². The highest BCUT2D eigenvalue weighted by Gasteiger charge is 1.93. The standard InChI is InChI=1S/C10H15NS/c1-11(12)9-5-8-10-6-3-2-4-7-10/h2-4,6-7,12H,5,8-9H2,1H3. The zero-order chi connectivity index (χ0) is 8.81. The van der Waals surface area contributed by atoms with Crippen LogP contribution in [0.5, 0.6) is 0 Å². The molecule has 0 fully saturated rings. The van der Waals surface area contributed by atoms with Crippen LogP contribution in [0.2, 0.25) is 0 Å². The molecule has 66 valence electrons. The van der Waals surface area contributed by atoms with Crippen molar-refractivity contribution in [3.63, 3.8) is 0 Å². The van der Waals surface area contributed by atoms with Crippen LogP contribution in [0.15, 0.2) is 30.3 Å². The highest BCUT2D eigenvalue weighted by molar-refractivity contribution is 7.77. The summed E-state index contributed by atoms with van der Waals surface area (Å²) in [6, 6.07) is 10.5. The minimum absolute atomic E-state index is 1.04. The zero-order valence-electron chi connectivity index (χ0n) is 7.40. The van der Waals surface area contributed by atoms with Gasteiger partial charge in [-0.05, 0) is 25.5 Å². The molecule has 0 aliphatic rings. The van der Waals surface area contributed by atoms with Crippen molar-refractivity contribution in [2.24, 2.45) is 0 Å². The van der Waals surface area contributed by atoms with Crippen LogP contribution in [0.1, 0.15) is 12.0 Å². The molecule has 0 saturated carbocycles. The molecule has 0 amide bonds. The van der Waals surface area contributed by atoms with Gasteiger partial charge in [-0.2, -0.15) is 0 Å². The number of thiol groups is 1. The highest BCUT2D eigenvalue weighted by atomic mass is 32.1. The first-order valence-electron chi connectivity index (χ1n) is 4.23. The van der Waals surface area contributed by atoms with Gasteiger partial charge in [0.1, 0.15) is 0 Å². The molecule has 0 atom stereocenters. The third-order valence-electron chi connectivity index (χ3n) is 1.79. The molecule has 0 aromatic heterocycles. The van der Waals surface area contributed by atoms with Crippen LogP contribution in [0.4, 0.5) is 0 Å². The summed E-state index contributed by atoms with van der Waals surface area (Å²) in [6.45, 7) is 1.04. The van der Waals surface area contributed by atoms with Crippen molar-refractivity contribution in [1.82, 2.24) is 4.31 Å². The Morgan fingerprint density at radius 3 is 2.50 bits per heavy atom. The minimum atomic E-state index is 1.04. The lowest BCUT2D eigenvalue weighted by Gasteiger charge is -2.07. The Kier molecular flexibility index (Phi) is 4.19. The molecule has 0 bridgehead atoms. The molecule has 1 aromatic carbocycles. The lowest BCUT2D eigenvalue weighted by atomic mass is 10.1. The van der Waals surface area contributed by atoms with Crippen molar-refractivity contribution in [1.29, 1.82) is 0 Å². The van der Waals surface area contributed by atoms with Crippen LogP contribution in [0, 0.1) is 0 Å². The monoisotopic (exact) mass is 181 g/mol. The first kappa shape index (κ1) is 9.62. The van der Waals surface area contributed by atoms with Gasteiger partial charge >= 0.3 is 0 Å². The van der Waals surface area contributed by atoms with Gasteiger partial charge in [0.15, 0.2) is 0 Å². The number of rotatable bonds is 4. The smallest absolute Gasteiger partial charge is 0.00870 e. The van der Waals surface area contributed by atoms with Gasteiger partial charge in [-0.15, -0.1) is 0 Å². The maximum Gasteiger partial charge on any atom is 0.00870 e. The SMILES string of the molecule is CN(S)CCCc1ccccc1.